The number of nitrogens with zero attached hydrogens (tertiary/aromatic N) is 2. The second kappa shape index (κ2) is 4.49. The van der Waals surface area contributed by atoms with Crippen molar-refractivity contribution in [2.75, 3.05) is 13.1 Å². The number of rotatable bonds is 4. The maximum absolute atomic E-state index is 11.6. The molecular weight excluding hydrogens is 190 g/mol. The minimum Gasteiger partial charge on any atom is -0.325 e. The Labute approximate surface area is 92.4 Å². The summed E-state index contributed by atoms with van der Waals surface area (Å²) in [4.78, 5) is 11.6. The van der Waals surface area contributed by atoms with E-state index in [0.717, 1.165) is 19.5 Å². The molecule has 0 radical (unpaired) electrons. The standard InChI is InChI=1S/C11H23N3O/c1-9(2)13-7-5-10(15)14(13)8-6-11(3,4)12/h9H,5-8,12H2,1-4H3. The first-order valence-electron chi connectivity index (χ1n) is 5.67. The quantitative estimate of drug-likeness (QED) is 0.757. The number of hydrazine groups is 1. The van der Waals surface area contributed by atoms with Crippen molar-refractivity contribution in [3.05, 3.63) is 0 Å². The van der Waals surface area contributed by atoms with Crippen molar-refractivity contribution in [2.24, 2.45) is 5.73 Å². The summed E-state index contributed by atoms with van der Waals surface area (Å²) >= 11 is 0. The Hall–Kier alpha value is -0.610. The summed E-state index contributed by atoms with van der Waals surface area (Å²) in [5.74, 6) is 0.230. The maximum atomic E-state index is 11.6. The van der Waals surface area contributed by atoms with Gasteiger partial charge in [0.25, 0.3) is 0 Å². The Bertz CT molecular complexity index is 232. The van der Waals surface area contributed by atoms with Crippen LogP contribution in [0.25, 0.3) is 0 Å². The molecule has 0 saturated carbocycles. The van der Waals surface area contributed by atoms with Crippen molar-refractivity contribution in [3.8, 4) is 0 Å². The molecule has 88 valence electrons. The van der Waals surface area contributed by atoms with Gasteiger partial charge < -0.3 is 5.73 Å². The SMILES string of the molecule is CC(C)N1CCC(=O)N1CCC(C)(C)N. The highest BCUT2D eigenvalue weighted by atomic mass is 16.2. The lowest BCUT2D eigenvalue weighted by Gasteiger charge is -2.33. The normalized spacial score (nSPS) is 19.3. The molecule has 0 aromatic heterocycles. The fourth-order valence-electron chi connectivity index (χ4n) is 1.79. The van der Waals surface area contributed by atoms with E-state index in [9.17, 15) is 4.79 Å². The second-order valence-electron chi connectivity index (χ2n) is 5.26. The molecule has 4 heteroatoms. The number of carbonyl (C=O) groups excluding carboxylic acids is 1. The van der Waals surface area contributed by atoms with Crippen LogP contribution < -0.4 is 5.73 Å². The number of carbonyl (C=O) groups is 1. The lowest BCUT2D eigenvalue weighted by Crippen LogP contribution is -2.46. The van der Waals surface area contributed by atoms with Gasteiger partial charge in [-0.1, -0.05) is 0 Å². The Morgan fingerprint density at radius 2 is 2.07 bits per heavy atom. The molecule has 15 heavy (non-hydrogen) atoms. The molecule has 1 amide bonds. The van der Waals surface area contributed by atoms with Crippen LogP contribution in [0.4, 0.5) is 0 Å². The monoisotopic (exact) mass is 213 g/mol. The van der Waals surface area contributed by atoms with Crippen molar-refractivity contribution in [3.63, 3.8) is 0 Å². The van der Waals surface area contributed by atoms with Crippen LogP contribution in [0.2, 0.25) is 0 Å². The minimum absolute atomic E-state index is 0.203. The Morgan fingerprint density at radius 3 is 2.53 bits per heavy atom. The van der Waals surface area contributed by atoms with Crippen molar-refractivity contribution in [2.45, 2.75) is 52.1 Å². The van der Waals surface area contributed by atoms with E-state index in [4.69, 9.17) is 5.73 Å². The first-order valence-corrected chi connectivity index (χ1v) is 5.67. The molecule has 0 bridgehead atoms. The molecule has 0 aromatic rings. The van der Waals surface area contributed by atoms with Gasteiger partial charge in [-0.3, -0.25) is 9.80 Å². The molecule has 1 aliphatic heterocycles. The summed E-state index contributed by atoms with van der Waals surface area (Å²) in [6.07, 6.45) is 1.48. The summed E-state index contributed by atoms with van der Waals surface area (Å²) in [6, 6.07) is 0.386. The molecule has 1 aliphatic rings. The highest BCUT2D eigenvalue weighted by Crippen LogP contribution is 2.17. The van der Waals surface area contributed by atoms with E-state index in [-0.39, 0.29) is 11.4 Å². The van der Waals surface area contributed by atoms with E-state index in [2.05, 4.69) is 18.9 Å². The van der Waals surface area contributed by atoms with Crippen LogP contribution in [0.15, 0.2) is 0 Å². The molecule has 0 aromatic carbocycles. The van der Waals surface area contributed by atoms with E-state index in [0.29, 0.717) is 12.5 Å². The van der Waals surface area contributed by atoms with Crippen molar-refractivity contribution < 1.29 is 4.79 Å². The summed E-state index contributed by atoms with van der Waals surface area (Å²) in [5.41, 5.74) is 5.72. The zero-order valence-electron chi connectivity index (χ0n) is 10.3. The fraction of sp³-hybridized carbons (Fsp3) is 0.909. The van der Waals surface area contributed by atoms with Gasteiger partial charge >= 0.3 is 0 Å². The van der Waals surface area contributed by atoms with Gasteiger partial charge in [-0.15, -0.1) is 0 Å². The Kier molecular flexibility index (Phi) is 3.73. The first-order chi connectivity index (χ1) is 6.81. The molecule has 1 saturated heterocycles. The van der Waals surface area contributed by atoms with Gasteiger partial charge in [0.15, 0.2) is 0 Å². The van der Waals surface area contributed by atoms with Crippen LogP contribution in [-0.4, -0.2) is 40.6 Å². The van der Waals surface area contributed by atoms with Gasteiger partial charge in [-0.25, -0.2) is 5.01 Å². The molecule has 0 spiro atoms. The van der Waals surface area contributed by atoms with E-state index >= 15 is 0 Å². The van der Waals surface area contributed by atoms with E-state index in [1.807, 2.05) is 18.9 Å². The van der Waals surface area contributed by atoms with Crippen molar-refractivity contribution in [1.82, 2.24) is 10.0 Å². The van der Waals surface area contributed by atoms with E-state index in [1.54, 1.807) is 0 Å². The van der Waals surface area contributed by atoms with Crippen molar-refractivity contribution in [1.29, 1.82) is 0 Å². The molecule has 1 fully saturated rings. The van der Waals surface area contributed by atoms with Crippen LogP contribution >= 0.6 is 0 Å². The third kappa shape index (κ3) is 3.47. The number of amides is 1. The topological polar surface area (TPSA) is 49.6 Å². The predicted molar refractivity (Wildman–Crippen MR) is 61.1 cm³/mol. The highest BCUT2D eigenvalue weighted by Gasteiger charge is 2.31. The summed E-state index contributed by atoms with van der Waals surface area (Å²) in [5, 5.41) is 3.99. The third-order valence-electron chi connectivity index (χ3n) is 2.72. The maximum Gasteiger partial charge on any atom is 0.238 e. The van der Waals surface area contributed by atoms with Gasteiger partial charge in [-0.2, -0.15) is 0 Å². The number of nitrogens with two attached hydrogens (primary N) is 1. The zero-order chi connectivity index (χ0) is 11.6. The first kappa shape index (κ1) is 12.5. The smallest absolute Gasteiger partial charge is 0.238 e. The zero-order valence-corrected chi connectivity index (χ0v) is 10.3. The Balaban J connectivity index is 2.54. The molecule has 1 heterocycles. The van der Waals surface area contributed by atoms with Gasteiger partial charge in [-0.05, 0) is 34.1 Å². The van der Waals surface area contributed by atoms with Gasteiger partial charge in [0, 0.05) is 31.1 Å². The summed E-state index contributed by atoms with van der Waals surface area (Å²) < 4.78 is 0. The second-order valence-corrected chi connectivity index (χ2v) is 5.26. The molecule has 0 atom stereocenters. The molecule has 4 nitrogen and oxygen atoms in total. The summed E-state index contributed by atoms with van der Waals surface area (Å²) in [7, 11) is 0. The van der Waals surface area contributed by atoms with E-state index in [1.165, 1.54) is 0 Å². The third-order valence-corrected chi connectivity index (χ3v) is 2.72. The van der Waals surface area contributed by atoms with Crippen molar-refractivity contribution >= 4 is 5.91 Å². The molecule has 2 N–H and O–H groups in total. The lowest BCUT2D eigenvalue weighted by molar-refractivity contribution is -0.140. The average Bonchev–Trinajstić information content (AvgIpc) is 2.42. The minimum atomic E-state index is -0.203. The predicted octanol–water partition coefficient (Wildman–Crippen LogP) is 0.971. The molecule has 1 rings (SSSR count). The largest absolute Gasteiger partial charge is 0.325 e. The highest BCUT2D eigenvalue weighted by molar-refractivity contribution is 5.77. The number of hydrogen-bond acceptors (Lipinski definition) is 3. The van der Waals surface area contributed by atoms with Gasteiger partial charge in [0.2, 0.25) is 5.91 Å². The summed E-state index contributed by atoms with van der Waals surface area (Å²) in [6.45, 7) is 9.79. The van der Waals surface area contributed by atoms with Crippen LogP contribution in [0, 0.1) is 0 Å². The fourth-order valence-corrected chi connectivity index (χ4v) is 1.79. The van der Waals surface area contributed by atoms with E-state index < -0.39 is 0 Å². The number of hydrogen-bond donors (Lipinski definition) is 1. The van der Waals surface area contributed by atoms with Crippen LogP contribution in [0.3, 0.4) is 0 Å². The molecule has 0 unspecified atom stereocenters. The lowest BCUT2D eigenvalue weighted by atomic mass is 10.0. The average molecular weight is 213 g/mol. The van der Waals surface area contributed by atoms with Crippen LogP contribution in [0.5, 0.6) is 0 Å². The van der Waals surface area contributed by atoms with Gasteiger partial charge in [0.1, 0.15) is 0 Å². The molecular formula is C11H23N3O. The molecule has 0 aliphatic carbocycles. The Morgan fingerprint density at radius 1 is 1.47 bits per heavy atom. The van der Waals surface area contributed by atoms with Gasteiger partial charge in [0.05, 0.1) is 0 Å². The van der Waals surface area contributed by atoms with Crippen LogP contribution in [-0.2, 0) is 4.79 Å². The van der Waals surface area contributed by atoms with Crippen LogP contribution in [0.1, 0.15) is 40.5 Å².